The van der Waals surface area contributed by atoms with E-state index in [0.29, 0.717) is 17.0 Å². The molecule has 0 fully saturated rings. The molecular formula is C28H20N2O7S2. The minimum Gasteiger partial charge on any atom is -0.501 e. The number of rotatable bonds is 7. The Bertz CT molecular complexity index is 1870. The quantitative estimate of drug-likeness (QED) is 0.273. The first-order valence-electron chi connectivity index (χ1n) is 11.8. The van der Waals surface area contributed by atoms with E-state index in [1.165, 1.54) is 30.5 Å². The van der Waals surface area contributed by atoms with E-state index < -0.39 is 27.5 Å². The Morgan fingerprint density at radius 2 is 1.82 bits per heavy atom. The van der Waals surface area contributed by atoms with Crippen LogP contribution in [0.4, 0.5) is 5.69 Å². The third kappa shape index (κ3) is 4.97. The summed E-state index contributed by atoms with van der Waals surface area (Å²) in [4.78, 5) is 18.0. The standard InChI is InChI=1S/C28H20N2O7S2/c31-26-19-15-18(30-39(33,34)25-12-11-23(38-25)20-8-4-5-13-29-20)9-10-21(19)37-28(27(26)32)22-16-35-24(36-22)14-17-6-2-1-3-7-17/h1-13,15-16,24,30,32H,14H2. The van der Waals surface area contributed by atoms with Crippen LogP contribution in [-0.2, 0) is 25.9 Å². The molecule has 11 heteroatoms. The Morgan fingerprint density at radius 1 is 1.00 bits per heavy atom. The van der Waals surface area contributed by atoms with Gasteiger partial charge in [-0.2, -0.15) is 0 Å². The number of nitrogens with zero attached hydrogens (tertiary/aromatic N) is 1. The summed E-state index contributed by atoms with van der Waals surface area (Å²) in [6, 6.07) is 22.4. The highest BCUT2D eigenvalue weighted by atomic mass is 32.2. The molecular weight excluding hydrogens is 540 g/mol. The molecule has 6 rings (SSSR count). The molecule has 0 radical (unpaired) electrons. The Balaban J connectivity index is 1.23. The van der Waals surface area contributed by atoms with E-state index in [-0.39, 0.29) is 32.4 Å². The van der Waals surface area contributed by atoms with Gasteiger partial charge in [-0.05, 0) is 48.0 Å². The monoisotopic (exact) mass is 560 g/mol. The van der Waals surface area contributed by atoms with Gasteiger partial charge in [0.1, 0.15) is 16.1 Å². The average molecular weight is 561 g/mol. The van der Waals surface area contributed by atoms with Crippen LogP contribution in [0.15, 0.2) is 105 Å². The average Bonchev–Trinajstić information content (AvgIpc) is 3.63. The van der Waals surface area contributed by atoms with Crippen LogP contribution in [0.1, 0.15) is 11.3 Å². The number of anilines is 1. The molecule has 1 aliphatic rings. The molecule has 0 aliphatic carbocycles. The van der Waals surface area contributed by atoms with E-state index in [1.807, 2.05) is 36.4 Å². The van der Waals surface area contributed by atoms with Gasteiger partial charge in [-0.25, -0.2) is 8.42 Å². The zero-order valence-corrected chi connectivity index (χ0v) is 21.7. The SMILES string of the molecule is O=c1c(O)c(C2=COC(Cc3ccccc3)O2)oc2ccc(NS(=O)(=O)c3ccc(-c4ccccn4)s3)cc12. The fraction of sp³-hybridized carbons (Fsp3) is 0.0714. The lowest BCUT2D eigenvalue weighted by Crippen LogP contribution is -2.13. The van der Waals surface area contributed by atoms with E-state index in [9.17, 15) is 18.3 Å². The number of sulfonamides is 1. The molecule has 0 bridgehead atoms. The Hall–Kier alpha value is -4.61. The summed E-state index contributed by atoms with van der Waals surface area (Å²) in [7, 11) is -3.95. The summed E-state index contributed by atoms with van der Waals surface area (Å²) in [6.45, 7) is 0. The minimum atomic E-state index is -3.95. The van der Waals surface area contributed by atoms with E-state index in [0.717, 1.165) is 16.9 Å². The van der Waals surface area contributed by atoms with E-state index in [4.69, 9.17) is 13.9 Å². The van der Waals surface area contributed by atoms with Crippen LogP contribution in [0.25, 0.3) is 27.3 Å². The summed E-state index contributed by atoms with van der Waals surface area (Å²) in [5, 5.41) is 10.6. The number of aromatic hydroxyl groups is 1. The van der Waals surface area contributed by atoms with E-state index in [2.05, 4.69) is 9.71 Å². The number of benzene rings is 2. The molecule has 5 aromatic rings. The van der Waals surface area contributed by atoms with Crippen molar-refractivity contribution >= 4 is 43.8 Å². The first-order chi connectivity index (χ1) is 18.9. The lowest BCUT2D eigenvalue weighted by Gasteiger charge is -2.12. The van der Waals surface area contributed by atoms with Crippen molar-refractivity contribution in [1.82, 2.24) is 4.98 Å². The molecule has 0 saturated carbocycles. The molecule has 1 unspecified atom stereocenters. The number of hydrogen-bond donors (Lipinski definition) is 2. The topological polar surface area (TPSA) is 128 Å². The minimum absolute atomic E-state index is 0.00263. The lowest BCUT2D eigenvalue weighted by atomic mass is 10.1. The maximum absolute atomic E-state index is 13.0. The molecule has 3 aromatic heterocycles. The number of ether oxygens (including phenoxy) is 2. The molecule has 2 N–H and O–H groups in total. The van der Waals surface area contributed by atoms with Gasteiger partial charge in [0.25, 0.3) is 10.0 Å². The molecule has 2 aromatic carbocycles. The summed E-state index contributed by atoms with van der Waals surface area (Å²) >= 11 is 1.07. The van der Waals surface area contributed by atoms with Crippen molar-refractivity contribution in [1.29, 1.82) is 0 Å². The third-order valence-electron chi connectivity index (χ3n) is 5.94. The predicted molar refractivity (Wildman–Crippen MR) is 147 cm³/mol. The van der Waals surface area contributed by atoms with Crippen molar-refractivity contribution in [2.75, 3.05) is 4.72 Å². The second kappa shape index (κ2) is 9.93. The molecule has 1 aliphatic heterocycles. The van der Waals surface area contributed by atoms with Gasteiger partial charge in [-0.15, -0.1) is 11.3 Å². The number of pyridine rings is 1. The van der Waals surface area contributed by atoms with Crippen LogP contribution in [-0.4, -0.2) is 24.8 Å². The van der Waals surface area contributed by atoms with Crippen LogP contribution in [0.5, 0.6) is 5.75 Å². The number of nitrogens with one attached hydrogen (secondary N) is 1. The van der Waals surface area contributed by atoms with Crippen molar-refractivity contribution in [3.63, 3.8) is 0 Å². The maximum atomic E-state index is 13.0. The first-order valence-corrected chi connectivity index (χ1v) is 14.1. The third-order valence-corrected chi connectivity index (χ3v) is 8.92. The zero-order valence-electron chi connectivity index (χ0n) is 20.1. The van der Waals surface area contributed by atoms with Gasteiger partial charge < -0.3 is 19.0 Å². The summed E-state index contributed by atoms with van der Waals surface area (Å²) in [5.74, 6) is -0.758. The van der Waals surface area contributed by atoms with Crippen LogP contribution < -0.4 is 10.2 Å². The highest BCUT2D eigenvalue weighted by molar-refractivity contribution is 7.94. The molecule has 39 heavy (non-hydrogen) atoms. The van der Waals surface area contributed by atoms with Gasteiger partial charge in [0.15, 0.2) is 0 Å². The van der Waals surface area contributed by atoms with Crippen molar-refractivity contribution in [3.8, 4) is 16.3 Å². The van der Waals surface area contributed by atoms with Gasteiger partial charge >= 0.3 is 0 Å². The lowest BCUT2D eigenvalue weighted by molar-refractivity contribution is -0.0145. The number of hydrogen-bond acceptors (Lipinski definition) is 9. The smallest absolute Gasteiger partial charge is 0.271 e. The van der Waals surface area contributed by atoms with Gasteiger partial charge in [0.05, 0.1) is 16.0 Å². The van der Waals surface area contributed by atoms with Crippen molar-refractivity contribution in [2.45, 2.75) is 16.9 Å². The molecule has 1 atom stereocenters. The van der Waals surface area contributed by atoms with Gasteiger partial charge in [-0.1, -0.05) is 36.4 Å². The molecule has 196 valence electrons. The molecule has 0 saturated heterocycles. The first kappa shape index (κ1) is 24.7. The fourth-order valence-corrected chi connectivity index (χ4v) is 6.40. The van der Waals surface area contributed by atoms with Gasteiger partial charge in [0, 0.05) is 18.3 Å². The molecule has 9 nitrogen and oxygen atoms in total. The van der Waals surface area contributed by atoms with Crippen LogP contribution in [0.2, 0.25) is 0 Å². The second-order valence-electron chi connectivity index (χ2n) is 8.61. The normalized spacial score (nSPS) is 15.0. The highest BCUT2D eigenvalue weighted by Gasteiger charge is 2.27. The number of thiophene rings is 1. The fourth-order valence-electron chi connectivity index (χ4n) is 4.07. The van der Waals surface area contributed by atoms with Crippen LogP contribution >= 0.6 is 11.3 Å². The van der Waals surface area contributed by atoms with Crippen molar-refractivity contribution in [3.05, 3.63) is 113 Å². The number of aromatic nitrogens is 1. The van der Waals surface area contributed by atoms with Crippen molar-refractivity contribution in [2.24, 2.45) is 0 Å². The maximum Gasteiger partial charge on any atom is 0.271 e. The van der Waals surface area contributed by atoms with Crippen molar-refractivity contribution < 1.29 is 27.4 Å². The number of fused-ring (bicyclic) bond motifs is 1. The van der Waals surface area contributed by atoms with Crippen LogP contribution in [0, 0.1) is 0 Å². The van der Waals surface area contributed by atoms with Crippen LogP contribution in [0.3, 0.4) is 0 Å². The van der Waals surface area contributed by atoms with Gasteiger partial charge in [0.2, 0.25) is 29.0 Å². The zero-order chi connectivity index (χ0) is 27.0. The summed E-state index contributed by atoms with van der Waals surface area (Å²) in [6.07, 6.45) is 2.74. The summed E-state index contributed by atoms with van der Waals surface area (Å²) in [5.41, 5.74) is 1.19. The van der Waals surface area contributed by atoms with Gasteiger partial charge in [-0.3, -0.25) is 14.5 Å². The Kier molecular flexibility index (Phi) is 6.29. The highest BCUT2D eigenvalue weighted by Crippen LogP contribution is 2.34. The molecule has 0 spiro atoms. The predicted octanol–water partition coefficient (Wildman–Crippen LogP) is 5.34. The Labute approximate surface area is 226 Å². The Morgan fingerprint density at radius 3 is 2.62 bits per heavy atom. The molecule has 0 amide bonds. The van der Waals surface area contributed by atoms with E-state index in [1.54, 1.807) is 24.4 Å². The largest absolute Gasteiger partial charge is 0.501 e. The second-order valence-corrected chi connectivity index (χ2v) is 11.6. The summed E-state index contributed by atoms with van der Waals surface area (Å²) < 4.78 is 45.7. The molecule has 4 heterocycles. The van der Waals surface area contributed by atoms with E-state index >= 15 is 0 Å².